The second-order valence-corrected chi connectivity index (χ2v) is 6.06. The Labute approximate surface area is 134 Å². The van der Waals surface area contributed by atoms with Crippen molar-refractivity contribution < 1.29 is 0 Å². The summed E-state index contributed by atoms with van der Waals surface area (Å²) in [5.41, 5.74) is 6.93. The van der Waals surface area contributed by atoms with Crippen LogP contribution in [0.4, 0.5) is 5.95 Å². The van der Waals surface area contributed by atoms with E-state index in [1.807, 2.05) is 26.8 Å². The van der Waals surface area contributed by atoms with Crippen LogP contribution in [0.1, 0.15) is 20.8 Å². The summed E-state index contributed by atoms with van der Waals surface area (Å²) >= 11 is 0. The topological polar surface area (TPSA) is 99.9 Å². The maximum absolute atomic E-state index is 12.5. The van der Waals surface area contributed by atoms with Crippen LogP contribution in [0, 0.1) is 0 Å². The Morgan fingerprint density at radius 1 is 1.30 bits per heavy atom. The Balaban J connectivity index is 2.74. The van der Waals surface area contributed by atoms with E-state index in [1.54, 1.807) is 11.6 Å². The minimum Gasteiger partial charge on any atom is -0.354 e. The number of aromatic nitrogens is 4. The van der Waals surface area contributed by atoms with E-state index >= 15 is 0 Å². The molecule has 0 fully saturated rings. The molecule has 2 heterocycles. The van der Waals surface area contributed by atoms with Gasteiger partial charge in [-0.3, -0.25) is 13.9 Å². The molecule has 2 aromatic heterocycles. The molecule has 23 heavy (non-hydrogen) atoms. The predicted molar refractivity (Wildman–Crippen MR) is 91.8 cm³/mol. The van der Waals surface area contributed by atoms with E-state index in [4.69, 9.17) is 5.73 Å². The number of aryl methyl sites for hydroxylation is 1. The van der Waals surface area contributed by atoms with Crippen molar-refractivity contribution in [3.8, 4) is 0 Å². The summed E-state index contributed by atoms with van der Waals surface area (Å²) in [6, 6.07) is -0.0571. The highest BCUT2D eigenvalue weighted by atomic mass is 16.2. The van der Waals surface area contributed by atoms with E-state index in [9.17, 15) is 9.59 Å². The van der Waals surface area contributed by atoms with Crippen molar-refractivity contribution in [3.63, 3.8) is 0 Å². The monoisotopic (exact) mass is 320 g/mol. The lowest BCUT2D eigenvalue weighted by atomic mass is 10.3. The lowest BCUT2D eigenvalue weighted by molar-refractivity contribution is 0.703. The number of hydrogen-bond acceptors (Lipinski definition) is 5. The maximum atomic E-state index is 12.5. The molecule has 0 amide bonds. The molecular weight excluding hydrogens is 296 g/mol. The molecule has 0 saturated heterocycles. The van der Waals surface area contributed by atoms with Crippen LogP contribution < -0.4 is 22.3 Å². The molecule has 0 radical (unpaired) electrons. The molecule has 2 rings (SSSR count). The molecule has 0 aliphatic carbocycles. The first-order valence-electron chi connectivity index (χ1n) is 7.53. The van der Waals surface area contributed by atoms with Crippen LogP contribution in [0.25, 0.3) is 11.2 Å². The number of hydrogen-bond donors (Lipinski definition) is 2. The van der Waals surface area contributed by atoms with Crippen molar-refractivity contribution in [1.82, 2.24) is 18.7 Å². The number of nitrogens with one attached hydrogen (secondary N) is 1. The maximum Gasteiger partial charge on any atom is 0.332 e. The second kappa shape index (κ2) is 6.41. The Hall–Kier alpha value is -2.35. The standard InChI is InChI=1S/C15H24N6O2/c1-9(2)6-7-21-11-12(18-14(21)17-8-10(3)16)19(4)15(23)20(5)13(11)22/h6,10H,7-8,16H2,1-5H3,(H,17,18). The van der Waals surface area contributed by atoms with Gasteiger partial charge in [-0.1, -0.05) is 11.6 Å². The average molecular weight is 320 g/mol. The van der Waals surface area contributed by atoms with Crippen LogP contribution >= 0.6 is 0 Å². The molecule has 1 unspecified atom stereocenters. The van der Waals surface area contributed by atoms with Crippen molar-refractivity contribution in [1.29, 1.82) is 0 Å². The molecule has 8 heteroatoms. The number of nitrogens with zero attached hydrogens (tertiary/aromatic N) is 4. The third-order valence-electron chi connectivity index (χ3n) is 3.61. The van der Waals surface area contributed by atoms with Gasteiger partial charge in [-0.05, 0) is 20.8 Å². The SMILES string of the molecule is CC(C)=CCn1c(NCC(C)N)nc2c1c(=O)n(C)c(=O)n2C. The van der Waals surface area contributed by atoms with Gasteiger partial charge in [0.05, 0.1) is 0 Å². The first-order valence-corrected chi connectivity index (χ1v) is 7.53. The normalized spacial score (nSPS) is 12.4. The first-order chi connectivity index (χ1) is 10.7. The fourth-order valence-electron chi connectivity index (χ4n) is 2.29. The highest BCUT2D eigenvalue weighted by molar-refractivity contribution is 5.74. The van der Waals surface area contributed by atoms with Gasteiger partial charge in [0.2, 0.25) is 5.95 Å². The zero-order valence-corrected chi connectivity index (χ0v) is 14.3. The molecule has 1 atom stereocenters. The van der Waals surface area contributed by atoms with Crippen LogP contribution in [0.2, 0.25) is 0 Å². The minimum atomic E-state index is -0.395. The van der Waals surface area contributed by atoms with Gasteiger partial charge in [-0.15, -0.1) is 0 Å². The molecule has 0 aliphatic heterocycles. The van der Waals surface area contributed by atoms with Crippen LogP contribution in [0.15, 0.2) is 21.2 Å². The van der Waals surface area contributed by atoms with Crippen LogP contribution in [-0.2, 0) is 20.6 Å². The number of rotatable bonds is 5. The Bertz CT molecular complexity index is 865. The van der Waals surface area contributed by atoms with E-state index in [-0.39, 0.29) is 11.6 Å². The number of allylic oxidation sites excluding steroid dienone is 2. The highest BCUT2D eigenvalue weighted by Crippen LogP contribution is 2.16. The molecular formula is C15H24N6O2. The summed E-state index contributed by atoms with van der Waals surface area (Å²) in [5.74, 6) is 0.535. The van der Waals surface area contributed by atoms with E-state index in [0.717, 1.165) is 10.1 Å². The van der Waals surface area contributed by atoms with Crippen molar-refractivity contribution in [3.05, 3.63) is 32.5 Å². The number of anilines is 1. The third-order valence-corrected chi connectivity index (χ3v) is 3.61. The summed E-state index contributed by atoms with van der Waals surface area (Å²) in [6.07, 6.45) is 2.00. The fraction of sp³-hybridized carbons (Fsp3) is 0.533. The fourth-order valence-corrected chi connectivity index (χ4v) is 2.29. The molecule has 3 N–H and O–H groups in total. The second-order valence-electron chi connectivity index (χ2n) is 6.06. The van der Waals surface area contributed by atoms with Gasteiger partial charge >= 0.3 is 5.69 Å². The summed E-state index contributed by atoms with van der Waals surface area (Å²) in [5, 5.41) is 3.15. The van der Waals surface area contributed by atoms with Gasteiger partial charge in [0.1, 0.15) is 0 Å². The van der Waals surface area contributed by atoms with E-state index < -0.39 is 5.69 Å². The van der Waals surface area contributed by atoms with Crippen LogP contribution in [-0.4, -0.2) is 31.3 Å². The van der Waals surface area contributed by atoms with E-state index in [1.165, 1.54) is 11.6 Å². The number of imidazole rings is 1. The van der Waals surface area contributed by atoms with Gasteiger partial charge in [-0.2, -0.15) is 4.98 Å². The molecule has 126 valence electrons. The molecule has 8 nitrogen and oxygen atoms in total. The van der Waals surface area contributed by atoms with Crippen molar-refractivity contribution in [2.45, 2.75) is 33.4 Å². The number of fused-ring (bicyclic) bond motifs is 1. The van der Waals surface area contributed by atoms with Crippen LogP contribution in [0.5, 0.6) is 0 Å². The molecule has 0 saturated carbocycles. The quantitative estimate of drug-likeness (QED) is 0.764. The molecule has 0 bridgehead atoms. The summed E-state index contributed by atoms with van der Waals surface area (Å²) in [4.78, 5) is 29.1. The van der Waals surface area contributed by atoms with Gasteiger partial charge in [0.15, 0.2) is 11.2 Å². The summed E-state index contributed by atoms with van der Waals surface area (Å²) < 4.78 is 4.26. The third kappa shape index (κ3) is 3.21. The number of nitrogens with two attached hydrogens (primary N) is 1. The highest BCUT2D eigenvalue weighted by Gasteiger charge is 2.18. The minimum absolute atomic E-state index is 0.0571. The van der Waals surface area contributed by atoms with E-state index in [0.29, 0.717) is 30.2 Å². The summed E-state index contributed by atoms with van der Waals surface area (Å²) in [7, 11) is 3.08. The predicted octanol–water partition coefficient (Wildman–Crippen LogP) is 0.159. The van der Waals surface area contributed by atoms with Gasteiger partial charge in [0.25, 0.3) is 5.56 Å². The molecule has 2 aromatic rings. The van der Waals surface area contributed by atoms with Gasteiger partial charge < -0.3 is 15.6 Å². The van der Waals surface area contributed by atoms with Crippen molar-refractivity contribution in [2.24, 2.45) is 19.8 Å². The average Bonchev–Trinajstić information content (AvgIpc) is 2.85. The Morgan fingerprint density at radius 3 is 2.52 bits per heavy atom. The Morgan fingerprint density at radius 2 is 1.96 bits per heavy atom. The molecule has 0 aromatic carbocycles. The van der Waals surface area contributed by atoms with Crippen LogP contribution in [0.3, 0.4) is 0 Å². The zero-order valence-electron chi connectivity index (χ0n) is 14.3. The first kappa shape index (κ1) is 17.0. The van der Waals surface area contributed by atoms with Crippen molar-refractivity contribution >= 4 is 17.1 Å². The molecule has 0 spiro atoms. The van der Waals surface area contributed by atoms with Gasteiger partial charge in [-0.25, -0.2) is 4.79 Å². The lowest BCUT2D eigenvalue weighted by Gasteiger charge is -2.10. The smallest absolute Gasteiger partial charge is 0.332 e. The largest absolute Gasteiger partial charge is 0.354 e. The van der Waals surface area contributed by atoms with Crippen molar-refractivity contribution in [2.75, 3.05) is 11.9 Å². The van der Waals surface area contributed by atoms with E-state index in [2.05, 4.69) is 10.3 Å². The van der Waals surface area contributed by atoms with Gasteiger partial charge in [0, 0.05) is 33.2 Å². The summed E-state index contributed by atoms with van der Waals surface area (Å²) in [6.45, 7) is 6.87. The Kier molecular flexibility index (Phi) is 4.74. The molecule has 0 aliphatic rings. The lowest BCUT2D eigenvalue weighted by Crippen LogP contribution is -2.37. The zero-order chi connectivity index (χ0) is 17.3.